The van der Waals surface area contributed by atoms with Gasteiger partial charge in [0.1, 0.15) is 30.2 Å². The Morgan fingerprint density at radius 3 is 1.78 bits per heavy atom. The van der Waals surface area contributed by atoms with Crippen LogP contribution in [0.5, 0.6) is 0 Å². The van der Waals surface area contributed by atoms with E-state index in [0.29, 0.717) is 5.75 Å². The molecule has 0 bridgehead atoms. The van der Waals surface area contributed by atoms with E-state index in [0.717, 1.165) is 0 Å². The summed E-state index contributed by atoms with van der Waals surface area (Å²) >= 11 is 5.41. The molecular weight excluding hydrogens is 576 g/mol. The van der Waals surface area contributed by atoms with E-state index in [1.807, 2.05) is 20.1 Å². The first-order valence-corrected chi connectivity index (χ1v) is 15.3. The van der Waals surface area contributed by atoms with Crippen molar-refractivity contribution in [1.29, 1.82) is 0 Å². The molecule has 9 N–H and O–H groups in total. The Bertz CT molecular complexity index is 907. The second-order valence-electron chi connectivity index (χ2n) is 10.4. The molecule has 0 fully saturated rings. The fourth-order valence-electron chi connectivity index (χ4n) is 3.48. The van der Waals surface area contributed by atoms with Gasteiger partial charge in [-0.3, -0.25) is 24.0 Å². The summed E-state index contributed by atoms with van der Waals surface area (Å²) in [6.07, 6.45) is 2.19. The van der Waals surface area contributed by atoms with E-state index in [2.05, 4.69) is 39.2 Å². The summed E-state index contributed by atoms with van der Waals surface area (Å²) < 4.78 is 0. The fraction of sp³-hybridized carbons (Fsp3) is 0.760. The molecule has 236 valence electrons. The molecule has 6 atom stereocenters. The van der Waals surface area contributed by atoms with Crippen LogP contribution in [0.1, 0.15) is 47.5 Å². The number of carboxylic acid groups (broad SMARTS) is 1. The Labute approximate surface area is 250 Å². The summed E-state index contributed by atoms with van der Waals surface area (Å²) in [5, 5.41) is 30.9. The number of nitrogens with two attached hydrogens (primary N) is 1. The monoisotopic (exact) mass is 622 g/mol. The van der Waals surface area contributed by atoms with Crippen molar-refractivity contribution in [3.05, 3.63) is 0 Å². The number of thiol groups is 1. The lowest BCUT2D eigenvalue weighted by Gasteiger charge is -2.27. The third kappa shape index (κ3) is 14.3. The molecule has 0 spiro atoms. The van der Waals surface area contributed by atoms with Crippen molar-refractivity contribution in [3.8, 4) is 0 Å². The molecule has 41 heavy (non-hydrogen) atoms. The molecule has 0 heterocycles. The minimum absolute atomic E-state index is 0.0605. The van der Waals surface area contributed by atoms with Gasteiger partial charge in [-0.15, -0.1) is 0 Å². The van der Waals surface area contributed by atoms with E-state index in [9.17, 15) is 33.9 Å². The molecule has 5 amide bonds. The van der Waals surface area contributed by atoms with E-state index in [4.69, 9.17) is 10.8 Å². The topological polar surface area (TPSA) is 229 Å². The van der Waals surface area contributed by atoms with E-state index in [1.165, 1.54) is 18.7 Å². The molecule has 0 rings (SSSR count). The predicted octanol–water partition coefficient (Wildman–Crippen LogP) is -1.78. The smallest absolute Gasteiger partial charge is 0.328 e. The van der Waals surface area contributed by atoms with Crippen LogP contribution in [0.4, 0.5) is 0 Å². The first kappa shape index (κ1) is 38.4. The lowest BCUT2D eigenvalue weighted by molar-refractivity contribution is -0.143. The van der Waals surface area contributed by atoms with Gasteiger partial charge in [0.15, 0.2) is 0 Å². The number of aliphatic carboxylic acids is 1. The number of nitrogens with one attached hydrogen (secondary N) is 5. The summed E-state index contributed by atoms with van der Waals surface area (Å²) in [5.74, 6) is -4.55. The summed E-state index contributed by atoms with van der Waals surface area (Å²) in [4.78, 5) is 75.2. The van der Waals surface area contributed by atoms with Gasteiger partial charge in [-0.2, -0.15) is 24.4 Å². The molecule has 0 aliphatic heterocycles. The molecule has 0 aromatic heterocycles. The molecule has 0 aromatic rings. The zero-order chi connectivity index (χ0) is 31.9. The molecule has 0 saturated carbocycles. The van der Waals surface area contributed by atoms with E-state index < -0.39 is 78.4 Å². The number of rotatable bonds is 19. The van der Waals surface area contributed by atoms with E-state index in [1.54, 1.807) is 13.8 Å². The number of hydrogen-bond donors (Lipinski definition) is 9. The Morgan fingerprint density at radius 2 is 1.32 bits per heavy atom. The van der Waals surface area contributed by atoms with Crippen molar-refractivity contribution in [2.75, 3.05) is 24.4 Å². The molecular formula is C25H46N6O8S2. The van der Waals surface area contributed by atoms with Gasteiger partial charge in [0.2, 0.25) is 29.5 Å². The van der Waals surface area contributed by atoms with E-state index >= 15 is 0 Å². The van der Waals surface area contributed by atoms with Crippen LogP contribution in [-0.4, -0.2) is 106 Å². The Hall–Kier alpha value is -2.56. The van der Waals surface area contributed by atoms with Gasteiger partial charge in [-0.25, -0.2) is 4.79 Å². The predicted molar refractivity (Wildman–Crippen MR) is 159 cm³/mol. The molecule has 0 aromatic carbocycles. The zero-order valence-corrected chi connectivity index (χ0v) is 26.1. The second-order valence-corrected chi connectivity index (χ2v) is 11.7. The third-order valence-corrected chi connectivity index (χ3v) is 6.95. The highest BCUT2D eigenvalue weighted by molar-refractivity contribution is 7.98. The summed E-state index contributed by atoms with van der Waals surface area (Å²) in [7, 11) is 0. The number of carboxylic acids is 1. The van der Waals surface area contributed by atoms with Gasteiger partial charge in [0.25, 0.3) is 0 Å². The van der Waals surface area contributed by atoms with Crippen LogP contribution in [0.15, 0.2) is 0 Å². The van der Waals surface area contributed by atoms with Crippen molar-refractivity contribution in [1.82, 2.24) is 26.6 Å². The van der Waals surface area contributed by atoms with Crippen molar-refractivity contribution < 1.29 is 39.0 Å². The number of aliphatic hydroxyl groups is 1. The highest BCUT2D eigenvalue weighted by Gasteiger charge is 2.32. The van der Waals surface area contributed by atoms with Crippen molar-refractivity contribution in [3.63, 3.8) is 0 Å². The Kier molecular flexibility index (Phi) is 18.3. The van der Waals surface area contributed by atoms with Gasteiger partial charge in [-0.05, 0) is 43.6 Å². The lowest BCUT2D eigenvalue weighted by Crippen LogP contribution is -2.59. The van der Waals surface area contributed by atoms with Crippen molar-refractivity contribution in [2.24, 2.45) is 17.6 Å². The van der Waals surface area contributed by atoms with Crippen LogP contribution >= 0.6 is 24.4 Å². The van der Waals surface area contributed by atoms with Crippen molar-refractivity contribution >= 4 is 59.9 Å². The van der Waals surface area contributed by atoms with Crippen LogP contribution in [-0.2, 0) is 28.8 Å². The van der Waals surface area contributed by atoms with E-state index in [-0.39, 0.29) is 30.4 Å². The minimum Gasteiger partial charge on any atom is -0.480 e. The molecule has 0 aliphatic rings. The third-order valence-electron chi connectivity index (χ3n) is 5.91. The maximum Gasteiger partial charge on any atom is 0.328 e. The Morgan fingerprint density at radius 1 is 0.780 bits per heavy atom. The quantitative estimate of drug-likeness (QED) is 0.0736. The number of amides is 5. The number of carbonyl (C=O) groups is 6. The number of aliphatic hydroxyl groups excluding tert-OH is 1. The summed E-state index contributed by atoms with van der Waals surface area (Å²) in [5.41, 5.74) is 5.68. The first-order valence-electron chi connectivity index (χ1n) is 13.3. The SMILES string of the molecule is CSCC[C@H](NC(=O)[C@H](C)NC(=O)[C@@H](NC(=O)[C@@H](N)CS)C(C)C)C(=O)N[C@@H](CC(C)C)C(=O)N[C@@H](CO)C(=O)O. The average molecular weight is 623 g/mol. The van der Waals surface area contributed by atoms with Crippen LogP contribution in [0, 0.1) is 11.8 Å². The van der Waals surface area contributed by atoms with Crippen LogP contribution in [0.3, 0.4) is 0 Å². The van der Waals surface area contributed by atoms with Crippen LogP contribution in [0.2, 0.25) is 0 Å². The summed E-state index contributed by atoms with van der Waals surface area (Å²) in [6, 6.07) is -6.70. The van der Waals surface area contributed by atoms with Crippen molar-refractivity contribution in [2.45, 2.75) is 83.7 Å². The number of carbonyl (C=O) groups excluding carboxylic acids is 5. The highest BCUT2D eigenvalue weighted by Crippen LogP contribution is 2.09. The number of thioether (sulfide) groups is 1. The lowest BCUT2D eigenvalue weighted by atomic mass is 10.0. The van der Waals surface area contributed by atoms with Crippen LogP contribution in [0.25, 0.3) is 0 Å². The fourth-order valence-corrected chi connectivity index (χ4v) is 4.12. The average Bonchev–Trinajstić information content (AvgIpc) is 2.90. The molecule has 16 heteroatoms. The molecule has 0 saturated heterocycles. The molecule has 14 nitrogen and oxygen atoms in total. The minimum atomic E-state index is -1.54. The Balaban J connectivity index is 5.59. The van der Waals surface area contributed by atoms with Gasteiger partial charge >= 0.3 is 5.97 Å². The standard InChI is InChI=1S/C25H46N6O8S2/c1-12(2)9-17(23(36)30-18(10-32)25(38)39)29-22(35)16(7-8-41-6)28-20(33)14(5)27-24(37)19(13(3)4)31-21(34)15(26)11-40/h12-19,32,40H,7-11,26H2,1-6H3,(H,27,37)(H,28,33)(H,29,35)(H,30,36)(H,31,34)(H,38,39)/t14-,15-,16-,17-,18-,19-/m0/s1. The molecule has 0 radical (unpaired) electrons. The van der Waals surface area contributed by atoms with Gasteiger partial charge in [0, 0.05) is 5.75 Å². The van der Waals surface area contributed by atoms with Crippen LogP contribution < -0.4 is 32.3 Å². The maximum atomic E-state index is 13.2. The number of hydrogen-bond acceptors (Lipinski definition) is 10. The largest absolute Gasteiger partial charge is 0.480 e. The normalized spacial score (nSPS) is 15.6. The van der Waals surface area contributed by atoms with Gasteiger partial charge < -0.3 is 42.5 Å². The second kappa shape index (κ2) is 19.5. The highest BCUT2D eigenvalue weighted by atomic mass is 32.2. The zero-order valence-electron chi connectivity index (χ0n) is 24.4. The van der Waals surface area contributed by atoms with Gasteiger partial charge in [0.05, 0.1) is 12.6 Å². The molecule has 0 aliphatic carbocycles. The maximum absolute atomic E-state index is 13.2. The molecule has 0 unspecified atom stereocenters. The van der Waals surface area contributed by atoms with Gasteiger partial charge in [-0.1, -0.05) is 27.7 Å². The summed E-state index contributed by atoms with van der Waals surface area (Å²) in [6.45, 7) is 7.64. The first-order chi connectivity index (χ1) is 19.1.